The summed E-state index contributed by atoms with van der Waals surface area (Å²) in [5.41, 5.74) is 0.396. The molecule has 5 heteroatoms. The molecule has 0 unspecified atom stereocenters. The standard InChI is InChI=1S/C12H14Cl2FNO/c1-2-16(7-3-6-13)12(17)9-4-5-11(15)10(14)8-9/h4-5,8H,2-3,6-7H2,1H3. The van der Waals surface area contributed by atoms with E-state index < -0.39 is 5.82 Å². The van der Waals surface area contributed by atoms with Crippen molar-refractivity contribution in [3.63, 3.8) is 0 Å². The van der Waals surface area contributed by atoms with Crippen LogP contribution >= 0.6 is 23.2 Å². The molecule has 0 aromatic heterocycles. The Kier molecular flexibility index (Phi) is 5.72. The van der Waals surface area contributed by atoms with Crippen LogP contribution in [0.4, 0.5) is 4.39 Å². The number of carbonyl (C=O) groups excluding carboxylic acids is 1. The van der Waals surface area contributed by atoms with E-state index in [-0.39, 0.29) is 10.9 Å². The van der Waals surface area contributed by atoms with Crippen molar-refractivity contribution in [3.05, 3.63) is 34.6 Å². The molecular weight excluding hydrogens is 264 g/mol. The second-order valence-electron chi connectivity index (χ2n) is 3.56. The van der Waals surface area contributed by atoms with Gasteiger partial charge in [-0.15, -0.1) is 11.6 Å². The molecule has 94 valence electrons. The Morgan fingerprint density at radius 3 is 2.71 bits per heavy atom. The Bertz CT molecular complexity index is 398. The van der Waals surface area contributed by atoms with Gasteiger partial charge in [-0.3, -0.25) is 4.79 Å². The summed E-state index contributed by atoms with van der Waals surface area (Å²) >= 11 is 11.2. The molecule has 0 aliphatic rings. The topological polar surface area (TPSA) is 20.3 Å². The Labute approximate surface area is 110 Å². The molecule has 1 aromatic carbocycles. The third-order valence-corrected chi connectivity index (χ3v) is 2.95. The summed E-state index contributed by atoms with van der Waals surface area (Å²) in [5, 5.41) is -0.0377. The second kappa shape index (κ2) is 6.82. The fraction of sp³-hybridized carbons (Fsp3) is 0.417. The van der Waals surface area contributed by atoms with Crippen molar-refractivity contribution in [3.8, 4) is 0 Å². The zero-order valence-electron chi connectivity index (χ0n) is 9.55. The van der Waals surface area contributed by atoms with Crippen LogP contribution in [0.2, 0.25) is 5.02 Å². The first kappa shape index (κ1) is 14.3. The second-order valence-corrected chi connectivity index (χ2v) is 4.34. The predicted molar refractivity (Wildman–Crippen MR) is 68.3 cm³/mol. The van der Waals surface area contributed by atoms with Gasteiger partial charge in [0.15, 0.2) is 0 Å². The Morgan fingerprint density at radius 2 is 2.18 bits per heavy atom. The molecule has 17 heavy (non-hydrogen) atoms. The average molecular weight is 278 g/mol. The summed E-state index contributed by atoms with van der Waals surface area (Å²) in [6.07, 6.45) is 0.732. The Morgan fingerprint density at radius 1 is 1.47 bits per heavy atom. The lowest BCUT2D eigenvalue weighted by molar-refractivity contribution is 0.0765. The third-order valence-electron chi connectivity index (χ3n) is 2.40. The maximum atomic E-state index is 13.0. The molecule has 0 radical (unpaired) electrons. The number of alkyl halides is 1. The van der Waals surface area contributed by atoms with Crippen LogP contribution < -0.4 is 0 Å². The number of hydrogen-bond donors (Lipinski definition) is 0. The van der Waals surface area contributed by atoms with E-state index in [1.807, 2.05) is 6.92 Å². The van der Waals surface area contributed by atoms with Gasteiger partial charge in [0.2, 0.25) is 0 Å². The van der Waals surface area contributed by atoms with E-state index in [2.05, 4.69) is 0 Å². The van der Waals surface area contributed by atoms with Crippen LogP contribution in [0.3, 0.4) is 0 Å². The van der Waals surface area contributed by atoms with E-state index in [4.69, 9.17) is 23.2 Å². The number of carbonyl (C=O) groups is 1. The summed E-state index contributed by atoms with van der Waals surface area (Å²) in [7, 11) is 0. The minimum absolute atomic E-state index is 0.0377. The molecule has 0 atom stereocenters. The van der Waals surface area contributed by atoms with Gasteiger partial charge in [-0.25, -0.2) is 4.39 Å². The smallest absolute Gasteiger partial charge is 0.253 e. The molecule has 1 amide bonds. The molecule has 1 aromatic rings. The van der Waals surface area contributed by atoms with Crippen LogP contribution in [0, 0.1) is 5.82 Å². The van der Waals surface area contributed by atoms with Crippen LogP contribution in [-0.4, -0.2) is 29.8 Å². The van der Waals surface area contributed by atoms with E-state index in [1.54, 1.807) is 4.90 Å². The molecule has 0 saturated carbocycles. The van der Waals surface area contributed by atoms with E-state index in [0.29, 0.717) is 24.5 Å². The van der Waals surface area contributed by atoms with Crippen LogP contribution in [0.1, 0.15) is 23.7 Å². The van der Waals surface area contributed by atoms with Gasteiger partial charge in [-0.1, -0.05) is 11.6 Å². The van der Waals surface area contributed by atoms with Crippen LogP contribution in [0.15, 0.2) is 18.2 Å². The highest BCUT2D eigenvalue weighted by Crippen LogP contribution is 2.17. The first-order chi connectivity index (χ1) is 8.10. The first-order valence-electron chi connectivity index (χ1n) is 5.40. The van der Waals surface area contributed by atoms with Crippen molar-refractivity contribution in [2.24, 2.45) is 0 Å². The van der Waals surface area contributed by atoms with E-state index in [1.165, 1.54) is 18.2 Å². The Hall–Kier alpha value is -0.800. The molecule has 0 heterocycles. The monoisotopic (exact) mass is 277 g/mol. The lowest BCUT2D eigenvalue weighted by Crippen LogP contribution is -2.32. The van der Waals surface area contributed by atoms with Gasteiger partial charge in [0.25, 0.3) is 5.91 Å². The lowest BCUT2D eigenvalue weighted by Gasteiger charge is -2.20. The highest BCUT2D eigenvalue weighted by atomic mass is 35.5. The van der Waals surface area contributed by atoms with Crippen molar-refractivity contribution in [2.45, 2.75) is 13.3 Å². The largest absolute Gasteiger partial charge is 0.339 e. The zero-order valence-corrected chi connectivity index (χ0v) is 11.1. The maximum absolute atomic E-state index is 13.0. The molecule has 0 fully saturated rings. The fourth-order valence-corrected chi connectivity index (χ4v) is 1.77. The van der Waals surface area contributed by atoms with Gasteiger partial charge in [0, 0.05) is 24.5 Å². The van der Waals surface area contributed by atoms with Crippen molar-refractivity contribution in [2.75, 3.05) is 19.0 Å². The van der Waals surface area contributed by atoms with Gasteiger partial charge in [0.05, 0.1) is 5.02 Å². The summed E-state index contributed by atoms with van der Waals surface area (Å²) in [5.74, 6) is -0.167. The van der Waals surface area contributed by atoms with Crippen LogP contribution in [-0.2, 0) is 0 Å². The molecule has 0 aliphatic heterocycles. The molecule has 0 aliphatic carbocycles. The van der Waals surface area contributed by atoms with Gasteiger partial charge in [-0.05, 0) is 31.5 Å². The summed E-state index contributed by atoms with van der Waals surface area (Å²) in [6, 6.07) is 3.99. The zero-order chi connectivity index (χ0) is 12.8. The molecule has 0 bridgehead atoms. The predicted octanol–water partition coefficient (Wildman–Crippen LogP) is 3.57. The summed E-state index contributed by atoms with van der Waals surface area (Å²) in [6.45, 7) is 3.07. The van der Waals surface area contributed by atoms with E-state index in [0.717, 1.165) is 6.42 Å². The van der Waals surface area contributed by atoms with Gasteiger partial charge in [0.1, 0.15) is 5.82 Å². The van der Waals surface area contributed by atoms with Crippen molar-refractivity contribution >= 4 is 29.1 Å². The number of benzene rings is 1. The molecule has 1 rings (SSSR count). The minimum Gasteiger partial charge on any atom is -0.339 e. The normalized spacial score (nSPS) is 10.4. The van der Waals surface area contributed by atoms with Crippen molar-refractivity contribution < 1.29 is 9.18 Å². The minimum atomic E-state index is -0.521. The van der Waals surface area contributed by atoms with Crippen molar-refractivity contribution in [1.29, 1.82) is 0 Å². The molecule has 0 saturated heterocycles. The summed E-state index contributed by atoms with van der Waals surface area (Å²) < 4.78 is 13.0. The maximum Gasteiger partial charge on any atom is 0.253 e. The number of hydrogen-bond acceptors (Lipinski definition) is 1. The molecule has 0 spiro atoms. The first-order valence-corrected chi connectivity index (χ1v) is 6.31. The molecular formula is C12H14Cl2FNO. The van der Waals surface area contributed by atoms with Gasteiger partial charge in [-0.2, -0.15) is 0 Å². The fourth-order valence-electron chi connectivity index (χ4n) is 1.47. The number of nitrogens with zero attached hydrogens (tertiary/aromatic N) is 1. The quantitative estimate of drug-likeness (QED) is 0.754. The van der Waals surface area contributed by atoms with Gasteiger partial charge >= 0.3 is 0 Å². The SMILES string of the molecule is CCN(CCCCl)C(=O)c1ccc(F)c(Cl)c1. The van der Waals surface area contributed by atoms with Crippen LogP contribution in [0.5, 0.6) is 0 Å². The van der Waals surface area contributed by atoms with E-state index >= 15 is 0 Å². The Balaban J connectivity index is 2.82. The third kappa shape index (κ3) is 3.86. The molecule has 2 nitrogen and oxygen atoms in total. The number of halogens is 3. The van der Waals surface area contributed by atoms with Crippen molar-refractivity contribution in [1.82, 2.24) is 4.90 Å². The number of rotatable bonds is 5. The summed E-state index contributed by atoms with van der Waals surface area (Å²) in [4.78, 5) is 13.7. The highest BCUT2D eigenvalue weighted by Gasteiger charge is 2.14. The average Bonchev–Trinajstić information content (AvgIpc) is 2.33. The number of amides is 1. The van der Waals surface area contributed by atoms with Crippen LogP contribution in [0.25, 0.3) is 0 Å². The lowest BCUT2D eigenvalue weighted by atomic mass is 10.2. The molecule has 0 N–H and O–H groups in total. The highest BCUT2D eigenvalue weighted by molar-refractivity contribution is 6.31. The van der Waals surface area contributed by atoms with Gasteiger partial charge < -0.3 is 4.90 Å². The van der Waals surface area contributed by atoms with E-state index in [9.17, 15) is 9.18 Å².